The van der Waals surface area contributed by atoms with E-state index in [1.54, 1.807) is 13.8 Å². The van der Waals surface area contributed by atoms with Crippen LogP contribution in [0.3, 0.4) is 0 Å². The Kier molecular flexibility index (Phi) is 23.9. The van der Waals surface area contributed by atoms with Crippen LogP contribution in [0.1, 0.15) is 86.5 Å². The smallest absolute Gasteiger partial charge is 0.338 e. The minimum Gasteiger partial charge on any atom is -0.462 e. The first-order valence-corrected chi connectivity index (χ1v) is 18.1. The SMILES string of the molecule is C=C(C)C(=O)OC(CCC[SiH2]C(OCCCC)OCCCC)=C(C)C(=O)OCCC[SiH2]C(OCC)OCC. The van der Waals surface area contributed by atoms with Gasteiger partial charge in [-0.15, -0.1) is 0 Å². The second kappa shape index (κ2) is 24.7. The van der Waals surface area contributed by atoms with Crippen molar-refractivity contribution < 1.29 is 38.0 Å². The van der Waals surface area contributed by atoms with Crippen molar-refractivity contribution >= 4 is 31.0 Å². The molecule has 0 heterocycles. The molecule has 0 aliphatic rings. The molecule has 0 saturated heterocycles. The Morgan fingerprint density at radius 2 is 1.24 bits per heavy atom. The van der Waals surface area contributed by atoms with E-state index in [0.717, 1.165) is 50.6 Å². The van der Waals surface area contributed by atoms with E-state index in [1.165, 1.54) is 0 Å². The zero-order chi connectivity index (χ0) is 28.6. The molecule has 0 amide bonds. The van der Waals surface area contributed by atoms with E-state index in [9.17, 15) is 9.59 Å². The maximum atomic E-state index is 12.7. The Hall–Kier alpha value is -1.31. The summed E-state index contributed by atoms with van der Waals surface area (Å²) in [5.74, 6) is -0.819. The summed E-state index contributed by atoms with van der Waals surface area (Å²) in [6.45, 7) is 18.1. The second-order valence-corrected chi connectivity index (χ2v) is 13.2. The number of rotatable bonds is 25. The predicted octanol–water partition coefficient (Wildman–Crippen LogP) is 4.54. The highest BCUT2D eigenvalue weighted by Crippen LogP contribution is 2.18. The minimum atomic E-state index is -0.652. The predicted molar refractivity (Wildman–Crippen MR) is 158 cm³/mol. The Labute approximate surface area is 235 Å². The van der Waals surface area contributed by atoms with Crippen molar-refractivity contribution in [2.75, 3.05) is 33.0 Å². The lowest BCUT2D eigenvalue weighted by Crippen LogP contribution is -2.25. The number of hydrogen-bond acceptors (Lipinski definition) is 8. The molecular weight excluding hydrogens is 520 g/mol. The van der Waals surface area contributed by atoms with Gasteiger partial charge in [-0.05, 0) is 53.4 Å². The summed E-state index contributed by atoms with van der Waals surface area (Å²) in [4.78, 5) is 24.9. The Balaban J connectivity index is 4.88. The Morgan fingerprint density at radius 3 is 1.74 bits per heavy atom. The molecule has 0 bridgehead atoms. The summed E-state index contributed by atoms with van der Waals surface area (Å²) in [6, 6.07) is 1.90. The van der Waals surface area contributed by atoms with Gasteiger partial charge in [0, 0.05) is 38.4 Å². The van der Waals surface area contributed by atoms with Crippen molar-refractivity contribution in [3.05, 3.63) is 23.5 Å². The summed E-state index contributed by atoms with van der Waals surface area (Å²) in [7, 11) is -1.23. The third-order valence-corrected chi connectivity index (χ3v) is 9.46. The third-order valence-electron chi connectivity index (χ3n) is 5.76. The van der Waals surface area contributed by atoms with Gasteiger partial charge < -0.3 is 28.4 Å². The third kappa shape index (κ3) is 18.9. The van der Waals surface area contributed by atoms with Gasteiger partial charge in [-0.25, -0.2) is 9.59 Å². The van der Waals surface area contributed by atoms with Crippen molar-refractivity contribution in [3.8, 4) is 0 Å². The quantitative estimate of drug-likeness (QED) is 0.0392. The molecule has 0 aromatic carbocycles. The average Bonchev–Trinajstić information content (AvgIpc) is 2.89. The second-order valence-electron chi connectivity index (χ2n) is 9.31. The molecule has 38 heavy (non-hydrogen) atoms. The molecule has 0 spiro atoms. The summed E-state index contributed by atoms with van der Waals surface area (Å²) >= 11 is 0. The van der Waals surface area contributed by atoms with Gasteiger partial charge >= 0.3 is 11.9 Å². The summed E-state index contributed by atoms with van der Waals surface area (Å²) < 4.78 is 34.2. The average molecular weight is 575 g/mol. The topological polar surface area (TPSA) is 89.5 Å². The zero-order valence-electron chi connectivity index (χ0n) is 24.9. The van der Waals surface area contributed by atoms with E-state index < -0.39 is 31.0 Å². The molecule has 0 radical (unpaired) electrons. The lowest BCUT2D eigenvalue weighted by Gasteiger charge is -2.19. The standard InChI is InChI=1S/C28H54O8Si2/c1-8-12-17-34-28(35-18-13-9-2)37-20-14-16-24(36-25(29)22(5)6)23(7)26(30)33-19-15-21-38-27(31-10-3)32-11-4/h27-28H,5,8-21,37-38H2,1-4,6-7H3. The fourth-order valence-corrected chi connectivity index (χ4v) is 6.60. The molecule has 0 aliphatic heterocycles. The van der Waals surface area contributed by atoms with Crippen molar-refractivity contribution in [2.45, 2.75) is 110 Å². The van der Waals surface area contributed by atoms with Crippen LogP contribution in [-0.4, -0.2) is 75.8 Å². The largest absolute Gasteiger partial charge is 0.462 e. The van der Waals surface area contributed by atoms with Crippen LogP contribution < -0.4 is 0 Å². The van der Waals surface area contributed by atoms with Gasteiger partial charge in [0.05, 0.1) is 31.2 Å². The van der Waals surface area contributed by atoms with Crippen molar-refractivity contribution in [1.29, 1.82) is 0 Å². The molecule has 8 nitrogen and oxygen atoms in total. The Bertz CT molecular complexity index is 668. The number of unbranched alkanes of at least 4 members (excludes halogenated alkanes) is 2. The molecule has 0 unspecified atom stereocenters. The van der Waals surface area contributed by atoms with Gasteiger partial charge in [0.25, 0.3) is 0 Å². The Morgan fingerprint density at radius 1 is 0.711 bits per heavy atom. The molecule has 222 valence electrons. The molecule has 0 aromatic rings. The van der Waals surface area contributed by atoms with Crippen LogP contribution in [0.2, 0.25) is 12.1 Å². The van der Waals surface area contributed by atoms with Gasteiger partial charge in [-0.3, -0.25) is 0 Å². The summed E-state index contributed by atoms with van der Waals surface area (Å²) in [5.41, 5.74) is 0.616. The molecule has 0 atom stereocenters. The molecule has 0 aromatic heterocycles. The van der Waals surface area contributed by atoms with Crippen LogP contribution >= 0.6 is 0 Å². The van der Waals surface area contributed by atoms with Gasteiger partial charge in [-0.1, -0.05) is 45.4 Å². The van der Waals surface area contributed by atoms with Crippen LogP contribution in [-0.2, 0) is 38.0 Å². The van der Waals surface area contributed by atoms with Gasteiger partial charge in [0.1, 0.15) is 17.6 Å². The molecule has 0 saturated carbocycles. The van der Waals surface area contributed by atoms with Crippen LogP contribution in [0, 0.1) is 0 Å². The lowest BCUT2D eigenvalue weighted by molar-refractivity contribution is -0.139. The van der Waals surface area contributed by atoms with Crippen molar-refractivity contribution in [3.63, 3.8) is 0 Å². The van der Waals surface area contributed by atoms with Gasteiger partial charge in [-0.2, -0.15) is 0 Å². The fourth-order valence-electron chi connectivity index (χ4n) is 3.43. The van der Waals surface area contributed by atoms with Gasteiger partial charge in [0.2, 0.25) is 0 Å². The minimum absolute atomic E-state index is 0.0901. The van der Waals surface area contributed by atoms with Crippen LogP contribution in [0.4, 0.5) is 0 Å². The van der Waals surface area contributed by atoms with Gasteiger partial charge in [0.15, 0.2) is 0 Å². The molecule has 0 fully saturated rings. The van der Waals surface area contributed by atoms with E-state index >= 15 is 0 Å². The number of esters is 2. The van der Waals surface area contributed by atoms with E-state index in [0.29, 0.717) is 50.8 Å². The van der Waals surface area contributed by atoms with Crippen molar-refractivity contribution in [1.82, 2.24) is 0 Å². The monoisotopic (exact) mass is 574 g/mol. The molecular formula is C28H54O8Si2. The highest BCUT2D eigenvalue weighted by Gasteiger charge is 2.18. The zero-order valence-corrected chi connectivity index (χ0v) is 27.8. The van der Waals surface area contributed by atoms with E-state index in [-0.39, 0.29) is 17.4 Å². The number of ether oxygens (including phenoxy) is 6. The van der Waals surface area contributed by atoms with E-state index in [2.05, 4.69) is 20.4 Å². The summed E-state index contributed by atoms with van der Waals surface area (Å²) in [6.07, 6.45) is 6.23. The van der Waals surface area contributed by atoms with E-state index in [4.69, 9.17) is 28.4 Å². The van der Waals surface area contributed by atoms with Crippen LogP contribution in [0.25, 0.3) is 0 Å². The normalized spacial score (nSPS) is 12.7. The lowest BCUT2D eigenvalue weighted by atomic mass is 10.2. The highest BCUT2D eigenvalue weighted by molar-refractivity contribution is 6.36. The van der Waals surface area contributed by atoms with E-state index in [1.807, 2.05) is 13.8 Å². The number of allylic oxidation sites excluding steroid dienone is 1. The maximum Gasteiger partial charge on any atom is 0.338 e. The maximum absolute atomic E-state index is 12.7. The first kappa shape index (κ1) is 36.7. The summed E-state index contributed by atoms with van der Waals surface area (Å²) in [5, 5.41) is 0. The highest BCUT2D eigenvalue weighted by atomic mass is 28.2. The first-order valence-electron chi connectivity index (χ1n) is 14.5. The molecule has 10 heteroatoms. The van der Waals surface area contributed by atoms with Crippen molar-refractivity contribution in [2.24, 2.45) is 0 Å². The van der Waals surface area contributed by atoms with Crippen LogP contribution in [0.15, 0.2) is 23.5 Å². The fraction of sp³-hybridized carbons (Fsp3) is 0.786. The molecule has 0 aliphatic carbocycles. The number of hydrogen-bond donors (Lipinski definition) is 0. The molecule has 0 rings (SSSR count). The first-order chi connectivity index (χ1) is 18.3. The molecule has 0 N–H and O–H groups in total. The van der Waals surface area contributed by atoms with Crippen LogP contribution in [0.5, 0.6) is 0 Å². The number of carbonyl (C=O) groups is 2. The number of carbonyl (C=O) groups excluding carboxylic acids is 2.